The van der Waals surface area contributed by atoms with E-state index in [4.69, 9.17) is 9.47 Å². The van der Waals surface area contributed by atoms with Gasteiger partial charge in [0.2, 0.25) is 0 Å². The van der Waals surface area contributed by atoms with Crippen molar-refractivity contribution in [3.8, 4) is 5.75 Å². The number of amides is 2. The van der Waals surface area contributed by atoms with E-state index in [-0.39, 0.29) is 11.8 Å². The maximum atomic E-state index is 12.6. The molecule has 2 aromatic rings. The van der Waals surface area contributed by atoms with Gasteiger partial charge < -0.3 is 19.7 Å². The molecule has 2 amide bonds. The van der Waals surface area contributed by atoms with Crippen LogP contribution in [0.4, 0.5) is 5.69 Å². The van der Waals surface area contributed by atoms with E-state index in [1.54, 1.807) is 35.2 Å². The maximum Gasteiger partial charge on any atom is 0.255 e. The Kier molecular flexibility index (Phi) is 4.58. The van der Waals surface area contributed by atoms with Crippen LogP contribution in [0.25, 0.3) is 0 Å². The minimum atomic E-state index is -0.198. The van der Waals surface area contributed by atoms with Crippen LogP contribution < -0.4 is 10.1 Å². The molecule has 1 N–H and O–H groups in total. The van der Waals surface area contributed by atoms with Crippen molar-refractivity contribution in [3.05, 3.63) is 59.2 Å². The number of carbonyl (C=O) groups excluding carboxylic acids is 2. The minimum Gasteiger partial charge on any atom is -0.493 e. The van der Waals surface area contributed by atoms with Gasteiger partial charge in [0.1, 0.15) is 5.75 Å². The quantitative estimate of drug-likeness (QED) is 0.921. The van der Waals surface area contributed by atoms with Crippen molar-refractivity contribution < 1.29 is 19.1 Å². The normalized spacial score (nSPS) is 15.9. The Hall–Kier alpha value is -2.86. The predicted molar refractivity (Wildman–Crippen MR) is 96.8 cm³/mol. The zero-order valence-corrected chi connectivity index (χ0v) is 14.4. The van der Waals surface area contributed by atoms with Gasteiger partial charge in [0.15, 0.2) is 0 Å². The first-order chi connectivity index (χ1) is 12.7. The molecule has 2 aliphatic rings. The third kappa shape index (κ3) is 3.41. The van der Waals surface area contributed by atoms with Gasteiger partial charge in [-0.2, -0.15) is 0 Å². The van der Waals surface area contributed by atoms with E-state index in [1.807, 2.05) is 12.1 Å². The number of hydrogen-bond donors (Lipinski definition) is 1. The van der Waals surface area contributed by atoms with E-state index in [2.05, 4.69) is 5.32 Å². The van der Waals surface area contributed by atoms with Crippen LogP contribution in [0.1, 0.15) is 26.3 Å². The number of morpholine rings is 1. The fraction of sp³-hybridized carbons (Fsp3) is 0.300. The third-order valence-electron chi connectivity index (χ3n) is 4.62. The first-order valence-electron chi connectivity index (χ1n) is 8.75. The predicted octanol–water partition coefficient (Wildman–Crippen LogP) is 2.35. The Morgan fingerprint density at radius 2 is 1.81 bits per heavy atom. The molecule has 134 valence electrons. The number of hydrogen-bond acceptors (Lipinski definition) is 4. The summed E-state index contributed by atoms with van der Waals surface area (Å²) in [5.74, 6) is 0.606. The zero-order chi connectivity index (χ0) is 17.9. The number of fused-ring (bicyclic) bond motifs is 1. The molecule has 2 heterocycles. The number of nitrogens with one attached hydrogen (secondary N) is 1. The lowest BCUT2D eigenvalue weighted by Gasteiger charge is -2.27. The first-order valence-corrected chi connectivity index (χ1v) is 8.75. The van der Waals surface area contributed by atoms with Crippen molar-refractivity contribution in [2.75, 3.05) is 38.2 Å². The lowest BCUT2D eigenvalue weighted by atomic mass is 10.1. The molecule has 26 heavy (non-hydrogen) atoms. The summed E-state index contributed by atoms with van der Waals surface area (Å²) in [7, 11) is 0. The summed E-state index contributed by atoms with van der Waals surface area (Å²) in [5, 5.41) is 2.87. The van der Waals surface area contributed by atoms with Crippen LogP contribution in [0, 0.1) is 0 Å². The van der Waals surface area contributed by atoms with Crippen LogP contribution in [-0.2, 0) is 11.2 Å². The number of benzene rings is 2. The van der Waals surface area contributed by atoms with Crippen molar-refractivity contribution in [1.82, 2.24) is 4.90 Å². The summed E-state index contributed by atoms with van der Waals surface area (Å²) >= 11 is 0. The Balaban J connectivity index is 1.48. The Bertz CT molecular complexity index is 843. The van der Waals surface area contributed by atoms with Crippen molar-refractivity contribution in [3.63, 3.8) is 0 Å². The molecule has 2 aromatic carbocycles. The molecule has 0 radical (unpaired) electrons. The fourth-order valence-electron chi connectivity index (χ4n) is 3.21. The molecule has 0 unspecified atom stereocenters. The summed E-state index contributed by atoms with van der Waals surface area (Å²) in [6.07, 6.45) is 0.819. The van der Waals surface area contributed by atoms with Crippen LogP contribution in [0.2, 0.25) is 0 Å². The molecule has 6 nitrogen and oxygen atoms in total. The summed E-state index contributed by atoms with van der Waals surface area (Å²) in [4.78, 5) is 26.9. The maximum absolute atomic E-state index is 12.6. The second-order valence-corrected chi connectivity index (χ2v) is 6.36. The molecule has 0 spiro atoms. The highest BCUT2D eigenvalue weighted by Crippen LogP contribution is 2.26. The molecule has 0 aliphatic carbocycles. The highest BCUT2D eigenvalue weighted by atomic mass is 16.5. The molecule has 6 heteroatoms. The molecule has 0 saturated carbocycles. The van der Waals surface area contributed by atoms with Crippen LogP contribution in [0.3, 0.4) is 0 Å². The van der Waals surface area contributed by atoms with E-state index in [1.165, 1.54) is 0 Å². The molecule has 0 bridgehead atoms. The molecule has 4 rings (SSSR count). The smallest absolute Gasteiger partial charge is 0.255 e. The van der Waals surface area contributed by atoms with Gasteiger partial charge in [0, 0.05) is 36.3 Å². The number of anilines is 1. The van der Waals surface area contributed by atoms with E-state index in [0.717, 1.165) is 17.7 Å². The lowest BCUT2D eigenvalue weighted by Crippen LogP contribution is -2.40. The van der Waals surface area contributed by atoms with E-state index < -0.39 is 0 Å². The average molecular weight is 352 g/mol. The van der Waals surface area contributed by atoms with Gasteiger partial charge in [-0.1, -0.05) is 6.07 Å². The third-order valence-corrected chi connectivity index (χ3v) is 4.62. The standard InChI is InChI=1S/C20H20N2O4/c23-19(15-4-5-18-14(12-15)6-9-26-18)21-17-3-1-2-16(13-17)20(24)22-7-10-25-11-8-22/h1-5,12-13H,6-11H2,(H,21,23). The second-order valence-electron chi connectivity index (χ2n) is 6.36. The molecular formula is C20H20N2O4. The Labute approximate surface area is 151 Å². The van der Waals surface area contributed by atoms with E-state index in [9.17, 15) is 9.59 Å². The molecular weight excluding hydrogens is 332 g/mol. The van der Waals surface area contributed by atoms with Crippen molar-refractivity contribution >= 4 is 17.5 Å². The largest absolute Gasteiger partial charge is 0.493 e. The van der Waals surface area contributed by atoms with Gasteiger partial charge in [0.05, 0.1) is 19.8 Å². The Morgan fingerprint density at radius 3 is 2.65 bits per heavy atom. The minimum absolute atomic E-state index is 0.0425. The number of rotatable bonds is 3. The van der Waals surface area contributed by atoms with Crippen molar-refractivity contribution in [1.29, 1.82) is 0 Å². The van der Waals surface area contributed by atoms with Gasteiger partial charge in [-0.05, 0) is 42.0 Å². The molecule has 0 aromatic heterocycles. The van der Waals surface area contributed by atoms with E-state index in [0.29, 0.717) is 49.7 Å². The zero-order valence-electron chi connectivity index (χ0n) is 14.4. The van der Waals surface area contributed by atoms with Gasteiger partial charge in [-0.15, -0.1) is 0 Å². The Morgan fingerprint density at radius 1 is 0.962 bits per heavy atom. The molecule has 0 atom stereocenters. The number of nitrogens with zero attached hydrogens (tertiary/aromatic N) is 1. The van der Waals surface area contributed by atoms with Crippen LogP contribution in [0.5, 0.6) is 5.75 Å². The van der Waals surface area contributed by atoms with Crippen molar-refractivity contribution in [2.24, 2.45) is 0 Å². The van der Waals surface area contributed by atoms with Gasteiger partial charge in [0.25, 0.3) is 11.8 Å². The monoisotopic (exact) mass is 352 g/mol. The molecule has 2 aliphatic heterocycles. The number of ether oxygens (including phenoxy) is 2. The SMILES string of the molecule is O=C(Nc1cccc(C(=O)N2CCOCC2)c1)c1ccc2c(c1)CCO2. The van der Waals surface area contributed by atoms with Gasteiger partial charge >= 0.3 is 0 Å². The summed E-state index contributed by atoms with van der Waals surface area (Å²) in [6, 6.07) is 12.5. The van der Waals surface area contributed by atoms with Gasteiger partial charge in [-0.3, -0.25) is 9.59 Å². The number of carbonyl (C=O) groups is 2. The van der Waals surface area contributed by atoms with Crippen LogP contribution in [0.15, 0.2) is 42.5 Å². The highest BCUT2D eigenvalue weighted by molar-refractivity contribution is 6.05. The lowest BCUT2D eigenvalue weighted by molar-refractivity contribution is 0.0303. The second kappa shape index (κ2) is 7.17. The van der Waals surface area contributed by atoms with Gasteiger partial charge in [-0.25, -0.2) is 0 Å². The highest BCUT2D eigenvalue weighted by Gasteiger charge is 2.19. The average Bonchev–Trinajstić information content (AvgIpc) is 3.16. The summed E-state index contributed by atoms with van der Waals surface area (Å²) in [5.41, 5.74) is 2.80. The molecule has 1 saturated heterocycles. The topological polar surface area (TPSA) is 67.9 Å². The first kappa shape index (κ1) is 16.6. The summed E-state index contributed by atoms with van der Waals surface area (Å²) in [6.45, 7) is 2.96. The van der Waals surface area contributed by atoms with Crippen molar-refractivity contribution in [2.45, 2.75) is 6.42 Å². The van der Waals surface area contributed by atoms with Crippen LogP contribution in [-0.4, -0.2) is 49.6 Å². The van der Waals surface area contributed by atoms with Crippen LogP contribution >= 0.6 is 0 Å². The summed E-state index contributed by atoms with van der Waals surface area (Å²) < 4.78 is 10.8. The fourth-order valence-corrected chi connectivity index (χ4v) is 3.21. The van der Waals surface area contributed by atoms with E-state index >= 15 is 0 Å². The molecule has 1 fully saturated rings.